The van der Waals surface area contributed by atoms with Gasteiger partial charge in [0.2, 0.25) is 5.16 Å². The average Bonchev–Trinajstić information content (AvgIpc) is 3.65. The maximum Gasteiger partial charge on any atom is 0.325 e. The standard InChI is InChI=1S/C38H40N6O7S/c1-3-49-34(47)21-40-37(48)39-20-26-6-4-7-28(18-26)29-8-5-9-30(19-29)36-50-33(24(2)35(51-36)27-12-10-25(22-45)11-13-27)23-52-38-41-42-43-44(38)31-14-16-32(46)17-15-31/h4-19,24,33,35-36,45-46H,3,20-23H2,1-2H3,(H2,39,40,48). The number of phenolic OH excluding ortho intramolecular Hbond substituents is 1. The molecule has 5 aromatic rings. The van der Waals surface area contributed by atoms with Crippen molar-refractivity contribution in [1.82, 2.24) is 30.8 Å². The molecule has 1 aliphatic rings. The first-order chi connectivity index (χ1) is 25.3. The van der Waals surface area contributed by atoms with Crippen LogP contribution in [-0.2, 0) is 32.2 Å². The van der Waals surface area contributed by atoms with Crippen LogP contribution in [0.3, 0.4) is 0 Å². The number of thioether (sulfide) groups is 1. The Labute approximate surface area is 305 Å². The summed E-state index contributed by atoms with van der Waals surface area (Å²) in [4.78, 5) is 23.8. The predicted octanol–water partition coefficient (Wildman–Crippen LogP) is 5.47. The summed E-state index contributed by atoms with van der Waals surface area (Å²) in [5.41, 5.74) is 6.12. The van der Waals surface area contributed by atoms with Crippen molar-refractivity contribution >= 4 is 23.8 Å². The first-order valence-electron chi connectivity index (χ1n) is 16.9. The lowest BCUT2D eigenvalue weighted by Crippen LogP contribution is -2.38. The molecule has 6 rings (SSSR count). The van der Waals surface area contributed by atoms with Gasteiger partial charge in [0.05, 0.1) is 31.1 Å². The van der Waals surface area contributed by atoms with E-state index in [2.05, 4.69) is 33.1 Å². The highest BCUT2D eigenvalue weighted by Crippen LogP contribution is 2.43. The molecule has 4 N–H and O–H groups in total. The number of nitrogens with zero attached hydrogens (tertiary/aromatic N) is 4. The molecule has 0 saturated carbocycles. The molecular formula is C38H40N6O7S. The topological polar surface area (TPSA) is 170 Å². The summed E-state index contributed by atoms with van der Waals surface area (Å²) in [5.74, 6) is 0.140. The van der Waals surface area contributed by atoms with Crippen LogP contribution in [0.2, 0.25) is 0 Å². The van der Waals surface area contributed by atoms with Gasteiger partial charge in [-0.15, -0.1) is 5.10 Å². The number of amides is 2. The molecule has 13 nitrogen and oxygen atoms in total. The van der Waals surface area contributed by atoms with Crippen LogP contribution < -0.4 is 10.6 Å². The summed E-state index contributed by atoms with van der Waals surface area (Å²) >= 11 is 1.47. The maximum atomic E-state index is 12.2. The normalized spacial score (nSPS) is 18.4. The number of carbonyl (C=O) groups is 2. The number of rotatable bonds is 13. The highest BCUT2D eigenvalue weighted by atomic mass is 32.2. The molecule has 1 aromatic heterocycles. The van der Waals surface area contributed by atoms with Gasteiger partial charge in [0.15, 0.2) is 6.29 Å². The molecule has 1 aliphatic heterocycles. The van der Waals surface area contributed by atoms with E-state index in [1.807, 2.05) is 72.8 Å². The zero-order valence-electron chi connectivity index (χ0n) is 28.7. The Morgan fingerprint density at radius 2 is 1.65 bits per heavy atom. The number of aliphatic hydroxyl groups is 1. The Bertz CT molecular complexity index is 1960. The van der Waals surface area contributed by atoms with Gasteiger partial charge >= 0.3 is 12.0 Å². The minimum absolute atomic E-state index is 0.0468. The van der Waals surface area contributed by atoms with Gasteiger partial charge in [-0.3, -0.25) is 4.79 Å². The van der Waals surface area contributed by atoms with E-state index in [4.69, 9.17) is 14.2 Å². The fourth-order valence-corrected chi connectivity index (χ4v) is 6.88. The van der Waals surface area contributed by atoms with Crippen molar-refractivity contribution < 1.29 is 34.0 Å². The van der Waals surface area contributed by atoms with E-state index in [1.165, 1.54) is 11.8 Å². The smallest absolute Gasteiger partial charge is 0.325 e. The fraction of sp³-hybridized carbons (Fsp3) is 0.289. The van der Waals surface area contributed by atoms with Gasteiger partial charge in [-0.05, 0) is 81.6 Å². The summed E-state index contributed by atoms with van der Waals surface area (Å²) < 4.78 is 19.9. The van der Waals surface area contributed by atoms with E-state index in [1.54, 1.807) is 35.9 Å². The summed E-state index contributed by atoms with van der Waals surface area (Å²) in [6, 6.07) is 29.8. The molecule has 4 unspecified atom stereocenters. The molecule has 2 heterocycles. The van der Waals surface area contributed by atoms with E-state index < -0.39 is 18.3 Å². The Morgan fingerprint density at radius 3 is 2.40 bits per heavy atom. The number of hydrogen-bond acceptors (Lipinski definition) is 11. The molecule has 52 heavy (non-hydrogen) atoms. The summed E-state index contributed by atoms with van der Waals surface area (Å²) in [6.45, 7) is 4.07. The Balaban J connectivity index is 1.20. The van der Waals surface area contributed by atoms with E-state index in [0.717, 1.165) is 39.1 Å². The molecule has 1 fully saturated rings. The third-order valence-corrected chi connectivity index (χ3v) is 9.61. The van der Waals surface area contributed by atoms with E-state index >= 15 is 0 Å². The van der Waals surface area contributed by atoms with Crippen molar-refractivity contribution in [2.45, 2.75) is 50.7 Å². The van der Waals surface area contributed by atoms with Crippen LogP contribution in [-0.4, -0.2) is 67.4 Å². The lowest BCUT2D eigenvalue weighted by molar-refractivity contribution is -0.268. The Kier molecular flexibility index (Phi) is 12.1. The monoisotopic (exact) mass is 724 g/mol. The predicted molar refractivity (Wildman–Crippen MR) is 193 cm³/mol. The number of aromatic hydroxyl groups is 1. The van der Waals surface area contributed by atoms with Gasteiger partial charge in [-0.1, -0.05) is 79.3 Å². The minimum Gasteiger partial charge on any atom is -0.508 e. The number of tetrazole rings is 1. The second kappa shape index (κ2) is 17.3. The second-order valence-corrected chi connectivity index (χ2v) is 13.2. The lowest BCUT2D eigenvalue weighted by atomic mass is 9.91. The third kappa shape index (κ3) is 9.14. The number of aliphatic hydroxyl groups excluding tert-OH is 1. The molecule has 4 atom stereocenters. The van der Waals surface area contributed by atoms with Crippen molar-refractivity contribution in [3.8, 4) is 22.6 Å². The average molecular weight is 725 g/mol. The van der Waals surface area contributed by atoms with Crippen molar-refractivity contribution in [3.63, 3.8) is 0 Å². The van der Waals surface area contributed by atoms with E-state index in [-0.39, 0.29) is 50.2 Å². The molecule has 4 aromatic carbocycles. The maximum absolute atomic E-state index is 12.2. The molecule has 270 valence electrons. The largest absolute Gasteiger partial charge is 0.508 e. The van der Waals surface area contributed by atoms with Crippen LogP contribution in [0.4, 0.5) is 4.79 Å². The number of hydrogen-bond donors (Lipinski definition) is 4. The van der Waals surface area contributed by atoms with E-state index in [0.29, 0.717) is 10.9 Å². The quantitative estimate of drug-likeness (QED) is 0.0897. The van der Waals surface area contributed by atoms with Gasteiger partial charge in [0.25, 0.3) is 0 Å². The third-order valence-electron chi connectivity index (χ3n) is 8.61. The SMILES string of the molecule is CCOC(=O)CNC(=O)NCc1cccc(-c2cccc(C3OC(CSc4nnnn4-c4ccc(O)cc4)C(C)C(c4ccc(CO)cc4)O3)c2)c1. The summed E-state index contributed by atoms with van der Waals surface area (Å²) in [7, 11) is 0. The van der Waals surface area contributed by atoms with Gasteiger partial charge < -0.3 is 35.1 Å². The zero-order valence-corrected chi connectivity index (χ0v) is 29.5. The summed E-state index contributed by atoms with van der Waals surface area (Å²) in [6.07, 6.45) is -1.26. The van der Waals surface area contributed by atoms with Crippen LogP contribution in [0.15, 0.2) is 102 Å². The molecule has 0 radical (unpaired) electrons. The van der Waals surface area contributed by atoms with Crippen LogP contribution in [0, 0.1) is 5.92 Å². The Morgan fingerprint density at radius 1 is 0.904 bits per heavy atom. The van der Waals surface area contributed by atoms with Crippen molar-refractivity contribution in [2.24, 2.45) is 5.92 Å². The van der Waals surface area contributed by atoms with Crippen molar-refractivity contribution in [2.75, 3.05) is 18.9 Å². The number of nitrogens with one attached hydrogen (secondary N) is 2. The van der Waals surface area contributed by atoms with Crippen molar-refractivity contribution in [3.05, 3.63) is 119 Å². The van der Waals surface area contributed by atoms with Gasteiger partial charge in [0.1, 0.15) is 12.3 Å². The van der Waals surface area contributed by atoms with Crippen LogP contribution >= 0.6 is 11.8 Å². The minimum atomic E-state index is -0.690. The first-order valence-corrected chi connectivity index (χ1v) is 17.9. The highest BCUT2D eigenvalue weighted by molar-refractivity contribution is 7.99. The molecule has 14 heteroatoms. The number of esters is 1. The Hall–Kier alpha value is -5.28. The van der Waals surface area contributed by atoms with Gasteiger partial charge in [-0.25, -0.2) is 4.79 Å². The molecule has 0 bridgehead atoms. The number of carbonyl (C=O) groups excluding carboxylic acids is 2. The number of phenols is 1. The number of ether oxygens (including phenoxy) is 3. The molecule has 0 aliphatic carbocycles. The van der Waals surface area contributed by atoms with Gasteiger partial charge in [0, 0.05) is 23.8 Å². The van der Waals surface area contributed by atoms with E-state index in [9.17, 15) is 19.8 Å². The number of aromatic nitrogens is 4. The number of urea groups is 1. The van der Waals surface area contributed by atoms with Crippen LogP contribution in [0.1, 0.15) is 48.5 Å². The summed E-state index contributed by atoms with van der Waals surface area (Å²) in [5, 5.41) is 37.5. The zero-order chi connectivity index (χ0) is 36.5. The van der Waals surface area contributed by atoms with Gasteiger partial charge in [-0.2, -0.15) is 4.68 Å². The van der Waals surface area contributed by atoms with Crippen LogP contribution in [0.5, 0.6) is 5.75 Å². The lowest BCUT2D eigenvalue weighted by Gasteiger charge is -2.41. The fourth-order valence-electron chi connectivity index (χ4n) is 5.83. The number of benzene rings is 4. The second-order valence-electron chi connectivity index (χ2n) is 12.2. The highest BCUT2D eigenvalue weighted by Gasteiger charge is 2.38. The molecule has 2 amide bonds. The van der Waals surface area contributed by atoms with Crippen LogP contribution in [0.25, 0.3) is 16.8 Å². The first kappa shape index (κ1) is 36.5. The molecule has 0 spiro atoms. The van der Waals surface area contributed by atoms with Crippen molar-refractivity contribution in [1.29, 1.82) is 0 Å². The molecule has 1 saturated heterocycles. The molecular weight excluding hydrogens is 685 g/mol.